The molecular formula is C11H16N4O3S. The summed E-state index contributed by atoms with van der Waals surface area (Å²) >= 11 is 0. The lowest BCUT2D eigenvalue weighted by Crippen LogP contribution is -2.47. The molecule has 0 aliphatic carbocycles. The van der Waals surface area contributed by atoms with Crippen LogP contribution in [0, 0.1) is 0 Å². The number of sulfone groups is 1. The summed E-state index contributed by atoms with van der Waals surface area (Å²) in [6.07, 6.45) is 3.32. The van der Waals surface area contributed by atoms with Crippen LogP contribution in [0.4, 0.5) is 5.69 Å². The maximum atomic E-state index is 12.2. The summed E-state index contributed by atoms with van der Waals surface area (Å²) in [5, 5.41) is 2.76. The van der Waals surface area contributed by atoms with Crippen LogP contribution in [0.25, 0.3) is 0 Å². The number of aromatic nitrogens is 1. The van der Waals surface area contributed by atoms with Gasteiger partial charge in [0.05, 0.1) is 34.5 Å². The highest BCUT2D eigenvalue weighted by Gasteiger charge is 2.39. The Kier molecular flexibility index (Phi) is 3.46. The molecule has 19 heavy (non-hydrogen) atoms. The van der Waals surface area contributed by atoms with Gasteiger partial charge in [0.1, 0.15) is 0 Å². The molecule has 1 unspecified atom stereocenters. The van der Waals surface area contributed by atoms with Crippen molar-refractivity contribution in [3.05, 3.63) is 24.0 Å². The minimum atomic E-state index is -3.06. The Hall–Kier alpha value is -1.67. The Labute approximate surface area is 111 Å². The predicted octanol–water partition coefficient (Wildman–Crippen LogP) is -0.326. The average Bonchev–Trinajstić information content (AvgIpc) is 2.63. The molecule has 1 fully saturated rings. The van der Waals surface area contributed by atoms with E-state index in [1.165, 1.54) is 18.5 Å². The van der Waals surface area contributed by atoms with Gasteiger partial charge in [-0.25, -0.2) is 8.42 Å². The molecular weight excluding hydrogens is 268 g/mol. The fraction of sp³-hybridized carbons (Fsp3) is 0.455. The third-order valence-corrected chi connectivity index (χ3v) is 5.04. The molecule has 0 bridgehead atoms. The average molecular weight is 284 g/mol. The summed E-state index contributed by atoms with van der Waals surface area (Å²) in [6, 6.07) is 1.53. The molecule has 0 spiro atoms. The van der Waals surface area contributed by atoms with Crippen LogP contribution in [-0.4, -0.2) is 36.4 Å². The molecule has 1 aromatic rings. The molecule has 1 atom stereocenters. The van der Waals surface area contributed by atoms with E-state index >= 15 is 0 Å². The quantitative estimate of drug-likeness (QED) is 0.517. The molecule has 0 aromatic carbocycles. The molecule has 7 nitrogen and oxygen atoms in total. The number of hydrogen-bond donors (Lipinski definition) is 3. The van der Waals surface area contributed by atoms with E-state index in [0.717, 1.165) is 0 Å². The molecule has 1 aliphatic rings. The smallest absolute Gasteiger partial charge is 0.253 e. The third kappa shape index (κ3) is 3.02. The van der Waals surface area contributed by atoms with E-state index in [4.69, 9.17) is 5.84 Å². The number of nitrogens with zero attached hydrogens (tertiary/aromatic N) is 1. The first-order chi connectivity index (χ1) is 8.85. The molecule has 104 valence electrons. The van der Waals surface area contributed by atoms with Gasteiger partial charge in [-0.3, -0.25) is 15.6 Å². The largest absolute Gasteiger partial charge is 0.346 e. The van der Waals surface area contributed by atoms with Crippen LogP contribution in [0.15, 0.2) is 18.5 Å². The number of hydrogen-bond acceptors (Lipinski definition) is 6. The second-order valence-electron chi connectivity index (χ2n) is 4.92. The van der Waals surface area contributed by atoms with Gasteiger partial charge in [-0.05, 0) is 19.4 Å². The number of nitrogen functional groups attached to an aromatic ring is 1. The van der Waals surface area contributed by atoms with Crippen molar-refractivity contribution < 1.29 is 13.2 Å². The molecule has 2 heterocycles. The second-order valence-corrected chi connectivity index (χ2v) is 7.11. The highest BCUT2D eigenvalue weighted by atomic mass is 32.2. The number of amides is 1. The molecule has 1 saturated heterocycles. The van der Waals surface area contributed by atoms with Crippen molar-refractivity contribution in [2.24, 2.45) is 5.84 Å². The number of nitrogens with two attached hydrogens (primary N) is 1. The molecule has 1 aromatic heterocycles. The lowest BCUT2D eigenvalue weighted by Gasteiger charge is -2.24. The monoisotopic (exact) mass is 284 g/mol. The normalized spacial score (nSPS) is 24.9. The summed E-state index contributed by atoms with van der Waals surface area (Å²) in [4.78, 5) is 16.0. The van der Waals surface area contributed by atoms with Gasteiger partial charge in [0.2, 0.25) is 0 Å². The fourth-order valence-electron chi connectivity index (χ4n) is 2.16. The van der Waals surface area contributed by atoms with Gasteiger partial charge in [-0.2, -0.15) is 0 Å². The zero-order valence-corrected chi connectivity index (χ0v) is 11.3. The molecule has 8 heteroatoms. The minimum Gasteiger partial charge on any atom is -0.346 e. The van der Waals surface area contributed by atoms with Crippen LogP contribution < -0.4 is 16.6 Å². The topological polar surface area (TPSA) is 114 Å². The van der Waals surface area contributed by atoms with Gasteiger partial charge in [-0.15, -0.1) is 0 Å². The van der Waals surface area contributed by atoms with E-state index in [2.05, 4.69) is 15.7 Å². The van der Waals surface area contributed by atoms with Gasteiger partial charge in [-0.1, -0.05) is 0 Å². The lowest BCUT2D eigenvalue weighted by molar-refractivity contribution is 0.0916. The van der Waals surface area contributed by atoms with Crippen molar-refractivity contribution in [2.45, 2.75) is 18.9 Å². The van der Waals surface area contributed by atoms with E-state index in [1.807, 2.05) is 0 Å². The highest BCUT2D eigenvalue weighted by Crippen LogP contribution is 2.24. The summed E-state index contributed by atoms with van der Waals surface area (Å²) in [7, 11) is -3.06. The Morgan fingerprint density at radius 3 is 2.84 bits per heavy atom. The Balaban J connectivity index is 2.18. The van der Waals surface area contributed by atoms with Crippen LogP contribution >= 0.6 is 0 Å². The Bertz CT molecular complexity index is 602. The van der Waals surface area contributed by atoms with Crippen molar-refractivity contribution >= 4 is 21.4 Å². The van der Waals surface area contributed by atoms with Crippen LogP contribution in [0.1, 0.15) is 23.7 Å². The van der Waals surface area contributed by atoms with E-state index < -0.39 is 15.4 Å². The van der Waals surface area contributed by atoms with Crippen molar-refractivity contribution in [2.75, 3.05) is 16.9 Å². The number of carbonyl (C=O) groups is 1. The van der Waals surface area contributed by atoms with E-state index in [1.54, 1.807) is 6.92 Å². The molecule has 4 N–H and O–H groups in total. The van der Waals surface area contributed by atoms with Gasteiger partial charge >= 0.3 is 0 Å². The van der Waals surface area contributed by atoms with Gasteiger partial charge in [0, 0.05) is 6.20 Å². The standard InChI is InChI=1S/C11H16N4O3S/c1-11(3-5-19(17,18)7-11)14-10(16)8-2-4-13-6-9(8)15-12/h2,4,6,15H,3,5,7,12H2,1H3,(H,14,16). The Morgan fingerprint density at radius 1 is 1.53 bits per heavy atom. The van der Waals surface area contributed by atoms with Crippen LogP contribution in [0.5, 0.6) is 0 Å². The summed E-state index contributed by atoms with van der Waals surface area (Å²) in [6.45, 7) is 1.73. The van der Waals surface area contributed by atoms with E-state index in [9.17, 15) is 13.2 Å². The zero-order chi connectivity index (χ0) is 14.1. The molecule has 0 saturated carbocycles. The zero-order valence-electron chi connectivity index (χ0n) is 10.5. The van der Waals surface area contributed by atoms with E-state index in [-0.39, 0.29) is 17.4 Å². The van der Waals surface area contributed by atoms with Crippen LogP contribution in [-0.2, 0) is 9.84 Å². The van der Waals surface area contributed by atoms with Crippen molar-refractivity contribution in [3.63, 3.8) is 0 Å². The van der Waals surface area contributed by atoms with Gasteiger partial charge in [0.25, 0.3) is 5.91 Å². The number of nitrogens with one attached hydrogen (secondary N) is 2. The van der Waals surface area contributed by atoms with E-state index in [0.29, 0.717) is 17.7 Å². The van der Waals surface area contributed by atoms with Crippen molar-refractivity contribution in [3.8, 4) is 0 Å². The van der Waals surface area contributed by atoms with Crippen LogP contribution in [0.2, 0.25) is 0 Å². The van der Waals surface area contributed by atoms with Gasteiger partial charge in [0.15, 0.2) is 9.84 Å². The fourth-order valence-corrected chi connectivity index (χ4v) is 4.25. The first kappa shape index (κ1) is 13.8. The first-order valence-corrected chi connectivity index (χ1v) is 7.61. The number of pyridine rings is 1. The third-order valence-electron chi connectivity index (χ3n) is 3.14. The highest BCUT2D eigenvalue weighted by molar-refractivity contribution is 7.91. The first-order valence-electron chi connectivity index (χ1n) is 5.79. The molecule has 0 radical (unpaired) electrons. The molecule has 1 amide bonds. The maximum Gasteiger partial charge on any atom is 0.253 e. The molecule has 1 aliphatic heterocycles. The summed E-state index contributed by atoms with van der Waals surface area (Å²) in [5.74, 6) is 5.00. The minimum absolute atomic E-state index is 0.0395. The lowest BCUT2D eigenvalue weighted by atomic mass is 10.0. The number of carbonyl (C=O) groups excluding carboxylic acids is 1. The number of anilines is 1. The van der Waals surface area contributed by atoms with Crippen LogP contribution in [0.3, 0.4) is 0 Å². The SMILES string of the molecule is CC1(NC(=O)c2ccncc2NN)CCS(=O)(=O)C1. The predicted molar refractivity (Wildman–Crippen MR) is 71.2 cm³/mol. The van der Waals surface area contributed by atoms with Crippen molar-refractivity contribution in [1.82, 2.24) is 10.3 Å². The summed E-state index contributed by atoms with van der Waals surface area (Å²) in [5.41, 5.74) is 2.39. The Morgan fingerprint density at radius 2 is 2.26 bits per heavy atom. The number of hydrazine groups is 1. The van der Waals surface area contributed by atoms with Crippen molar-refractivity contribution in [1.29, 1.82) is 0 Å². The second kappa shape index (κ2) is 4.78. The summed E-state index contributed by atoms with van der Waals surface area (Å²) < 4.78 is 23.0. The number of rotatable bonds is 3. The van der Waals surface area contributed by atoms with Gasteiger partial charge < -0.3 is 10.7 Å². The molecule has 2 rings (SSSR count). The maximum absolute atomic E-state index is 12.2.